The summed E-state index contributed by atoms with van der Waals surface area (Å²) in [6.45, 7) is 4.24. The SMILES string of the molecule is C[C@H](O)CNCC1CCCCO1. The van der Waals surface area contributed by atoms with E-state index in [0.29, 0.717) is 12.6 Å². The molecule has 1 fully saturated rings. The second-order valence-electron chi connectivity index (χ2n) is 3.50. The monoisotopic (exact) mass is 173 g/mol. The van der Waals surface area contributed by atoms with Crippen LogP contribution in [0.4, 0.5) is 0 Å². The fourth-order valence-corrected chi connectivity index (χ4v) is 1.42. The number of hydrogen-bond acceptors (Lipinski definition) is 3. The zero-order valence-corrected chi connectivity index (χ0v) is 7.75. The zero-order valence-electron chi connectivity index (χ0n) is 7.75. The number of aliphatic hydroxyl groups excluding tert-OH is 1. The van der Waals surface area contributed by atoms with Gasteiger partial charge in [-0.1, -0.05) is 0 Å². The predicted octanol–water partition coefficient (Wildman–Crippen LogP) is 0.526. The minimum Gasteiger partial charge on any atom is -0.392 e. The Kier molecular flexibility index (Phi) is 4.58. The molecule has 72 valence electrons. The number of rotatable bonds is 4. The quantitative estimate of drug-likeness (QED) is 0.651. The zero-order chi connectivity index (χ0) is 8.81. The molecule has 1 aliphatic heterocycles. The smallest absolute Gasteiger partial charge is 0.0699 e. The Morgan fingerprint density at radius 1 is 1.58 bits per heavy atom. The molecule has 1 unspecified atom stereocenters. The topological polar surface area (TPSA) is 41.5 Å². The van der Waals surface area contributed by atoms with Gasteiger partial charge in [-0.3, -0.25) is 0 Å². The van der Waals surface area contributed by atoms with Crippen molar-refractivity contribution >= 4 is 0 Å². The lowest BCUT2D eigenvalue weighted by Crippen LogP contribution is -2.35. The first-order valence-electron chi connectivity index (χ1n) is 4.79. The average Bonchev–Trinajstić information content (AvgIpc) is 2.05. The molecule has 0 saturated carbocycles. The fraction of sp³-hybridized carbons (Fsp3) is 1.00. The van der Waals surface area contributed by atoms with Crippen molar-refractivity contribution in [2.24, 2.45) is 0 Å². The highest BCUT2D eigenvalue weighted by atomic mass is 16.5. The van der Waals surface area contributed by atoms with Gasteiger partial charge in [0.1, 0.15) is 0 Å². The first kappa shape index (κ1) is 9.96. The van der Waals surface area contributed by atoms with Gasteiger partial charge < -0.3 is 15.2 Å². The van der Waals surface area contributed by atoms with Gasteiger partial charge in [0.15, 0.2) is 0 Å². The standard InChI is InChI=1S/C9H19NO2/c1-8(11)6-10-7-9-4-2-3-5-12-9/h8-11H,2-7H2,1H3/t8-,9?/m0/s1. The van der Waals surface area contributed by atoms with Gasteiger partial charge in [0.05, 0.1) is 12.2 Å². The summed E-state index contributed by atoms with van der Waals surface area (Å²) in [6.07, 6.45) is 3.76. The number of hydrogen-bond donors (Lipinski definition) is 2. The van der Waals surface area contributed by atoms with Gasteiger partial charge in [-0.2, -0.15) is 0 Å². The molecule has 3 heteroatoms. The van der Waals surface area contributed by atoms with E-state index in [1.165, 1.54) is 12.8 Å². The van der Waals surface area contributed by atoms with Gasteiger partial charge in [0.25, 0.3) is 0 Å². The summed E-state index contributed by atoms with van der Waals surface area (Å²) in [7, 11) is 0. The maximum atomic E-state index is 8.98. The minimum atomic E-state index is -0.256. The summed E-state index contributed by atoms with van der Waals surface area (Å²) in [5, 5.41) is 12.2. The summed E-state index contributed by atoms with van der Waals surface area (Å²) >= 11 is 0. The Balaban J connectivity index is 1.98. The third kappa shape index (κ3) is 4.04. The fourth-order valence-electron chi connectivity index (χ4n) is 1.42. The largest absolute Gasteiger partial charge is 0.392 e. The lowest BCUT2D eigenvalue weighted by atomic mass is 10.1. The lowest BCUT2D eigenvalue weighted by Gasteiger charge is -2.23. The van der Waals surface area contributed by atoms with E-state index >= 15 is 0 Å². The van der Waals surface area contributed by atoms with Crippen LogP contribution < -0.4 is 5.32 Å². The molecule has 0 aromatic heterocycles. The van der Waals surface area contributed by atoms with E-state index < -0.39 is 0 Å². The molecule has 1 rings (SSSR count). The van der Waals surface area contributed by atoms with Crippen molar-refractivity contribution in [3.8, 4) is 0 Å². The Bertz CT molecular complexity index is 111. The molecule has 0 aromatic carbocycles. The summed E-state index contributed by atoms with van der Waals surface area (Å²) in [6, 6.07) is 0. The van der Waals surface area contributed by atoms with Crippen molar-refractivity contribution < 1.29 is 9.84 Å². The summed E-state index contributed by atoms with van der Waals surface area (Å²) in [4.78, 5) is 0. The molecule has 2 N–H and O–H groups in total. The van der Waals surface area contributed by atoms with E-state index in [9.17, 15) is 0 Å². The molecule has 0 amide bonds. The summed E-state index contributed by atoms with van der Waals surface area (Å²) < 4.78 is 5.52. The number of nitrogens with one attached hydrogen (secondary N) is 1. The van der Waals surface area contributed by atoms with E-state index in [1.807, 2.05) is 0 Å². The molecule has 0 aromatic rings. The van der Waals surface area contributed by atoms with Crippen LogP contribution in [0.1, 0.15) is 26.2 Å². The van der Waals surface area contributed by atoms with Crippen molar-refractivity contribution in [3.05, 3.63) is 0 Å². The molecule has 2 atom stereocenters. The maximum Gasteiger partial charge on any atom is 0.0699 e. The van der Waals surface area contributed by atoms with Crippen molar-refractivity contribution in [2.45, 2.75) is 38.4 Å². The first-order chi connectivity index (χ1) is 5.79. The summed E-state index contributed by atoms with van der Waals surface area (Å²) in [5.74, 6) is 0. The second kappa shape index (κ2) is 5.51. The molecule has 1 aliphatic rings. The van der Waals surface area contributed by atoms with Crippen LogP contribution in [0.3, 0.4) is 0 Å². The van der Waals surface area contributed by atoms with E-state index in [-0.39, 0.29) is 6.10 Å². The van der Waals surface area contributed by atoms with Crippen LogP contribution in [0.5, 0.6) is 0 Å². The Morgan fingerprint density at radius 2 is 2.42 bits per heavy atom. The first-order valence-corrected chi connectivity index (χ1v) is 4.79. The Labute approximate surface area is 74.1 Å². The highest BCUT2D eigenvalue weighted by Crippen LogP contribution is 2.11. The number of ether oxygens (including phenoxy) is 1. The third-order valence-corrected chi connectivity index (χ3v) is 2.09. The molecule has 12 heavy (non-hydrogen) atoms. The van der Waals surface area contributed by atoms with E-state index in [1.54, 1.807) is 6.92 Å². The number of aliphatic hydroxyl groups is 1. The summed E-state index contributed by atoms with van der Waals surface area (Å²) in [5.41, 5.74) is 0. The van der Waals surface area contributed by atoms with Crippen molar-refractivity contribution in [1.82, 2.24) is 5.32 Å². The molecule has 1 heterocycles. The van der Waals surface area contributed by atoms with Crippen LogP contribution in [0.15, 0.2) is 0 Å². The van der Waals surface area contributed by atoms with Crippen LogP contribution in [-0.2, 0) is 4.74 Å². The highest BCUT2D eigenvalue weighted by molar-refractivity contribution is 4.66. The van der Waals surface area contributed by atoms with Crippen LogP contribution >= 0.6 is 0 Å². The Hall–Kier alpha value is -0.120. The molecular formula is C9H19NO2. The van der Waals surface area contributed by atoms with E-state index in [0.717, 1.165) is 19.6 Å². The minimum absolute atomic E-state index is 0.256. The van der Waals surface area contributed by atoms with Crippen LogP contribution in [0, 0.1) is 0 Å². The van der Waals surface area contributed by atoms with Gasteiger partial charge >= 0.3 is 0 Å². The van der Waals surface area contributed by atoms with Crippen LogP contribution in [0.2, 0.25) is 0 Å². The molecule has 3 nitrogen and oxygen atoms in total. The lowest BCUT2D eigenvalue weighted by molar-refractivity contribution is 0.0155. The normalized spacial score (nSPS) is 27.0. The highest BCUT2D eigenvalue weighted by Gasteiger charge is 2.12. The van der Waals surface area contributed by atoms with Gasteiger partial charge in [-0.05, 0) is 26.2 Å². The molecule has 0 radical (unpaired) electrons. The van der Waals surface area contributed by atoms with E-state index in [2.05, 4.69) is 5.32 Å². The predicted molar refractivity (Wildman–Crippen MR) is 48.1 cm³/mol. The average molecular weight is 173 g/mol. The maximum absolute atomic E-state index is 8.98. The van der Waals surface area contributed by atoms with Crippen molar-refractivity contribution in [1.29, 1.82) is 0 Å². The van der Waals surface area contributed by atoms with E-state index in [4.69, 9.17) is 9.84 Å². The Morgan fingerprint density at radius 3 is 3.00 bits per heavy atom. The third-order valence-electron chi connectivity index (χ3n) is 2.09. The molecule has 0 spiro atoms. The van der Waals surface area contributed by atoms with Crippen LogP contribution in [0.25, 0.3) is 0 Å². The molecular weight excluding hydrogens is 154 g/mol. The second-order valence-corrected chi connectivity index (χ2v) is 3.50. The van der Waals surface area contributed by atoms with Gasteiger partial charge in [-0.25, -0.2) is 0 Å². The molecule has 0 bridgehead atoms. The van der Waals surface area contributed by atoms with Gasteiger partial charge in [0.2, 0.25) is 0 Å². The van der Waals surface area contributed by atoms with Crippen molar-refractivity contribution in [3.63, 3.8) is 0 Å². The van der Waals surface area contributed by atoms with Gasteiger partial charge in [-0.15, -0.1) is 0 Å². The molecule has 0 aliphatic carbocycles. The van der Waals surface area contributed by atoms with Crippen molar-refractivity contribution in [2.75, 3.05) is 19.7 Å². The molecule has 1 saturated heterocycles. The van der Waals surface area contributed by atoms with Gasteiger partial charge in [0, 0.05) is 19.7 Å². The van der Waals surface area contributed by atoms with Crippen LogP contribution in [-0.4, -0.2) is 37.0 Å².